The molecule has 0 saturated heterocycles. The third-order valence-electron chi connectivity index (χ3n) is 4.72. The molecule has 1 N–H and O–H groups in total. The van der Waals surface area contributed by atoms with Gasteiger partial charge in [0.05, 0.1) is 0 Å². The molecule has 1 aromatic carbocycles. The highest BCUT2D eigenvalue weighted by Crippen LogP contribution is 2.20. The molecule has 1 rings (SSSR count). The largest absolute Gasteiger partial charge is 0.310 e. The van der Waals surface area contributed by atoms with Gasteiger partial charge in [-0.05, 0) is 24.9 Å². The number of unbranched alkanes of at least 4 members (excludes halogenated alkanes) is 9. The van der Waals surface area contributed by atoms with Gasteiger partial charge in [-0.25, -0.2) is 0 Å². The van der Waals surface area contributed by atoms with E-state index in [-0.39, 0.29) is 0 Å². The molecule has 0 radical (unpaired) electrons. The molecule has 132 valence electrons. The molecule has 1 unspecified atom stereocenters. The maximum absolute atomic E-state index is 3.82. The predicted octanol–water partition coefficient (Wildman–Crippen LogP) is 7.04. The lowest BCUT2D eigenvalue weighted by molar-refractivity contribution is 0.455. The van der Waals surface area contributed by atoms with Crippen LogP contribution >= 0.6 is 0 Å². The summed E-state index contributed by atoms with van der Waals surface area (Å²) in [4.78, 5) is 0. The van der Waals surface area contributed by atoms with Gasteiger partial charge in [0.1, 0.15) is 0 Å². The maximum Gasteiger partial charge on any atom is 0.0320 e. The van der Waals surface area contributed by atoms with E-state index in [4.69, 9.17) is 0 Å². The minimum atomic E-state index is 0.550. The molecule has 0 heterocycles. The zero-order chi connectivity index (χ0) is 16.6. The zero-order valence-electron chi connectivity index (χ0n) is 15.7. The Labute approximate surface area is 145 Å². The van der Waals surface area contributed by atoms with E-state index in [1.165, 1.54) is 89.2 Å². The van der Waals surface area contributed by atoms with Crippen LogP contribution in [0, 0.1) is 0 Å². The second kappa shape index (κ2) is 14.8. The molecular formula is C22H39N. The molecule has 1 aromatic rings. The summed E-state index contributed by atoms with van der Waals surface area (Å²) in [5.41, 5.74) is 1.47. The summed E-state index contributed by atoms with van der Waals surface area (Å²) in [7, 11) is 0. The third kappa shape index (κ3) is 10.5. The Balaban J connectivity index is 2.26. The van der Waals surface area contributed by atoms with Crippen molar-refractivity contribution in [3.05, 3.63) is 35.9 Å². The quantitative estimate of drug-likeness (QED) is 0.342. The van der Waals surface area contributed by atoms with Crippen molar-refractivity contribution in [2.24, 2.45) is 0 Å². The molecule has 0 amide bonds. The summed E-state index contributed by atoms with van der Waals surface area (Å²) in [5, 5.41) is 3.82. The Bertz CT molecular complexity index is 330. The van der Waals surface area contributed by atoms with Gasteiger partial charge in [0.25, 0.3) is 0 Å². The minimum Gasteiger partial charge on any atom is -0.310 e. The number of hydrogen-bond donors (Lipinski definition) is 1. The van der Waals surface area contributed by atoms with Crippen molar-refractivity contribution in [2.75, 3.05) is 6.54 Å². The van der Waals surface area contributed by atoms with Crippen molar-refractivity contribution in [1.29, 1.82) is 0 Å². The highest BCUT2D eigenvalue weighted by Gasteiger charge is 2.09. The fourth-order valence-corrected chi connectivity index (χ4v) is 3.21. The highest BCUT2D eigenvalue weighted by molar-refractivity contribution is 5.18. The first-order valence-corrected chi connectivity index (χ1v) is 10.2. The highest BCUT2D eigenvalue weighted by atomic mass is 14.9. The number of rotatable bonds is 15. The van der Waals surface area contributed by atoms with Crippen molar-refractivity contribution in [1.82, 2.24) is 5.32 Å². The number of benzene rings is 1. The summed E-state index contributed by atoms with van der Waals surface area (Å²) in [5.74, 6) is 0. The van der Waals surface area contributed by atoms with E-state index in [0.29, 0.717) is 6.04 Å². The van der Waals surface area contributed by atoms with Crippen LogP contribution in [0.5, 0.6) is 0 Å². The Kier molecular flexibility index (Phi) is 13.0. The van der Waals surface area contributed by atoms with Crippen LogP contribution in [0.2, 0.25) is 0 Å². The molecule has 1 atom stereocenters. The molecule has 1 nitrogen and oxygen atoms in total. The smallest absolute Gasteiger partial charge is 0.0320 e. The van der Waals surface area contributed by atoms with Crippen LogP contribution in [0.4, 0.5) is 0 Å². The van der Waals surface area contributed by atoms with Crippen LogP contribution in [0.3, 0.4) is 0 Å². The van der Waals surface area contributed by atoms with E-state index >= 15 is 0 Å². The molecule has 0 aliphatic carbocycles. The van der Waals surface area contributed by atoms with E-state index in [1.807, 2.05) is 0 Å². The summed E-state index contributed by atoms with van der Waals surface area (Å²) in [6.45, 7) is 5.74. The summed E-state index contributed by atoms with van der Waals surface area (Å²) in [6.07, 6.45) is 16.4. The molecule has 1 heteroatoms. The van der Waals surface area contributed by atoms with Gasteiger partial charge in [-0.1, -0.05) is 108 Å². The standard InChI is InChI=1S/C22H39N/c1-3-5-7-9-10-15-19-22(21-17-13-12-14-18-21)23-20-16-11-8-6-4-2/h12-14,17-18,22-23H,3-11,15-16,19-20H2,1-2H3. The van der Waals surface area contributed by atoms with E-state index in [1.54, 1.807) is 0 Å². The normalized spacial score (nSPS) is 12.4. The first-order valence-electron chi connectivity index (χ1n) is 10.2. The predicted molar refractivity (Wildman–Crippen MR) is 104 cm³/mol. The molecule has 0 aromatic heterocycles. The van der Waals surface area contributed by atoms with Crippen LogP contribution < -0.4 is 5.32 Å². The fourth-order valence-electron chi connectivity index (χ4n) is 3.21. The van der Waals surface area contributed by atoms with Gasteiger partial charge in [-0.2, -0.15) is 0 Å². The van der Waals surface area contributed by atoms with Crippen molar-refractivity contribution in [2.45, 2.75) is 96.9 Å². The molecule has 0 fully saturated rings. The van der Waals surface area contributed by atoms with Crippen molar-refractivity contribution in [3.8, 4) is 0 Å². The Morgan fingerprint density at radius 1 is 0.696 bits per heavy atom. The third-order valence-corrected chi connectivity index (χ3v) is 4.72. The zero-order valence-corrected chi connectivity index (χ0v) is 15.7. The van der Waals surface area contributed by atoms with E-state index < -0.39 is 0 Å². The lowest BCUT2D eigenvalue weighted by atomic mass is 9.99. The number of nitrogens with one attached hydrogen (secondary N) is 1. The van der Waals surface area contributed by atoms with Crippen LogP contribution in [-0.2, 0) is 0 Å². The van der Waals surface area contributed by atoms with Gasteiger partial charge in [-0.15, -0.1) is 0 Å². The van der Waals surface area contributed by atoms with E-state index in [0.717, 1.165) is 0 Å². The lowest BCUT2D eigenvalue weighted by Gasteiger charge is -2.19. The average molecular weight is 318 g/mol. The Morgan fingerprint density at radius 3 is 1.91 bits per heavy atom. The van der Waals surface area contributed by atoms with Gasteiger partial charge in [-0.3, -0.25) is 0 Å². The monoisotopic (exact) mass is 317 g/mol. The topological polar surface area (TPSA) is 12.0 Å². The average Bonchev–Trinajstić information content (AvgIpc) is 2.60. The van der Waals surface area contributed by atoms with Gasteiger partial charge < -0.3 is 5.32 Å². The van der Waals surface area contributed by atoms with Crippen LogP contribution in [0.15, 0.2) is 30.3 Å². The number of hydrogen-bond acceptors (Lipinski definition) is 1. The van der Waals surface area contributed by atoms with E-state index in [9.17, 15) is 0 Å². The summed E-state index contributed by atoms with van der Waals surface area (Å²) < 4.78 is 0. The molecule has 0 aliphatic heterocycles. The van der Waals surface area contributed by atoms with Crippen LogP contribution in [0.25, 0.3) is 0 Å². The molecule has 23 heavy (non-hydrogen) atoms. The molecule has 0 spiro atoms. The lowest BCUT2D eigenvalue weighted by Crippen LogP contribution is -2.22. The molecule has 0 saturated carbocycles. The first kappa shape index (κ1) is 20.2. The van der Waals surface area contributed by atoms with Gasteiger partial charge >= 0.3 is 0 Å². The molecular weight excluding hydrogens is 278 g/mol. The minimum absolute atomic E-state index is 0.550. The Hall–Kier alpha value is -0.820. The van der Waals surface area contributed by atoms with E-state index in [2.05, 4.69) is 49.5 Å². The van der Waals surface area contributed by atoms with Crippen molar-refractivity contribution >= 4 is 0 Å². The van der Waals surface area contributed by atoms with Gasteiger partial charge in [0.2, 0.25) is 0 Å². The maximum atomic E-state index is 3.82. The SMILES string of the molecule is CCCCCCCCC(NCCCCCCC)c1ccccc1. The van der Waals surface area contributed by atoms with Crippen molar-refractivity contribution in [3.63, 3.8) is 0 Å². The molecule has 0 aliphatic rings. The molecule has 0 bridgehead atoms. The van der Waals surface area contributed by atoms with Crippen LogP contribution in [0.1, 0.15) is 103 Å². The fraction of sp³-hybridized carbons (Fsp3) is 0.727. The Morgan fingerprint density at radius 2 is 1.26 bits per heavy atom. The summed E-state index contributed by atoms with van der Waals surface area (Å²) >= 11 is 0. The van der Waals surface area contributed by atoms with Gasteiger partial charge in [0.15, 0.2) is 0 Å². The summed E-state index contributed by atoms with van der Waals surface area (Å²) in [6, 6.07) is 11.6. The van der Waals surface area contributed by atoms with Crippen LogP contribution in [-0.4, -0.2) is 6.54 Å². The first-order chi connectivity index (χ1) is 11.4. The second-order valence-electron chi connectivity index (χ2n) is 6.89. The van der Waals surface area contributed by atoms with Gasteiger partial charge in [0, 0.05) is 6.04 Å². The second-order valence-corrected chi connectivity index (χ2v) is 6.89. The van der Waals surface area contributed by atoms with Crippen molar-refractivity contribution < 1.29 is 0 Å².